The van der Waals surface area contributed by atoms with Crippen molar-refractivity contribution in [2.75, 3.05) is 17.6 Å². The second-order valence-electron chi connectivity index (χ2n) is 4.50. The summed E-state index contributed by atoms with van der Waals surface area (Å²) >= 11 is 5.74. The maximum absolute atomic E-state index is 9.73. The van der Waals surface area contributed by atoms with Crippen LogP contribution in [0.5, 0.6) is 0 Å². The van der Waals surface area contributed by atoms with Gasteiger partial charge in [-0.3, -0.25) is 0 Å². The van der Waals surface area contributed by atoms with Gasteiger partial charge in [0.05, 0.1) is 17.5 Å². The van der Waals surface area contributed by atoms with Crippen molar-refractivity contribution >= 4 is 23.1 Å². The zero-order valence-corrected chi connectivity index (χ0v) is 11.1. The number of aromatic nitrogens is 2. The molecule has 1 unspecified atom stereocenters. The average Bonchev–Trinajstić information content (AvgIpc) is 2.20. The lowest BCUT2D eigenvalue weighted by Crippen LogP contribution is -2.22. The Labute approximate surface area is 106 Å². The van der Waals surface area contributed by atoms with Crippen molar-refractivity contribution in [2.24, 2.45) is 5.92 Å². The first-order valence-corrected chi connectivity index (χ1v) is 5.99. The van der Waals surface area contributed by atoms with Crippen LogP contribution >= 0.6 is 11.6 Å². The fraction of sp³-hybridized carbons (Fsp3) is 0.636. The first-order chi connectivity index (χ1) is 7.90. The number of nitrogens with two attached hydrogens (primary N) is 1. The lowest BCUT2D eigenvalue weighted by Gasteiger charge is -2.15. The van der Waals surface area contributed by atoms with Crippen molar-refractivity contribution in [3.8, 4) is 0 Å². The van der Waals surface area contributed by atoms with E-state index in [1.54, 1.807) is 6.92 Å². The average molecular weight is 259 g/mol. The molecular formula is C11H19ClN4O. The van der Waals surface area contributed by atoms with Gasteiger partial charge >= 0.3 is 0 Å². The van der Waals surface area contributed by atoms with Crippen molar-refractivity contribution < 1.29 is 5.11 Å². The summed E-state index contributed by atoms with van der Waals surface area (Å²) in [6.45, 7) is 6.28. The fourth-order valence-electron chi connectivity index (χ4n) is 1.52. The number of hydrogen-bond acceptors (Lipinski definition) is 5. The Balaban J connectivity index is 2.63. The maximum Gasteiger partial charge on any atom is 0.224 e. The van der Waals surface area contributed by atoms with Crippen LogP contribution in [0, 0.1) is 12.8 Å². The molecule has 0 radical (unpaired) electrons. The number of hydrogen-bond donors (Lipinski definition) is 3. The molecule has 0 aliphatic rings. The molecule has 4 N–H and O–H groups in total. The zero-order chi connectivity index (χ0) is 13.0. The molecule has 6 heteroatoms. The van der Waals surface area contributed by atoms with Crippen LogP contribution in [0.1, 0.15) is 26.0 Å². The molecule has 1 aromatic rings. The summed E-state index contributed by atoms with van der Waals surface area (Å²) in [7, 11) is 0. The van der Waals surface area contributed by atoms with E-state index in [2.05, 4.69) is 29.1 Å². The largest absolute Gasteiger partial charge is 0.394 e. The third-order valence-corrected chi connectivity index (χ3v) is 2.53. The van der Waals surface area contributed by atoms with E-state index < -0.39 is 6.10 Å². The van der Waals surface area contributed by atoms with Gasteiger partial charge < -0.3 is 16.2 Å². The van der Waals surface area contributed by atoms with E-state index >= 15 is 0 Å². The van der Waals surface area contributed by atoms with Crippen molar-refractivity contribution in [3.05, 3.63) is 11.0 Å². The summed E-state index contributed by atoms with van der Waals surface area (Å²) in [6.07, 6.45) is 0.300. The van der Waals surface area contributed by atoms with Gasteiger partial charge in [-0.2, -0.15) is 4.98 Å². The Hall–Kier alpha value is -1.07. The van der Waals surface area contributed by atoms with Gasteiger partial charge in [-0.25, -0.2) is 4.98 Å². The Morgan fingerprint density at radius 1 is 1.41 bits per heavy atom. The number of aliphatic hydroxyl groups is 1. The third-order valence-electron chi connectivity index (χ3n) is 2.36. The summed E-state index contributed by atoms with van der Waals surface area (Å²) < 4.78 is 0. The minimum Gasteiger partial charge on any atom is -0.394 e. The van der Waals surface area contributed by atoms with E-state index in [0.29, 0.717) is 29.7 Å². The molecule has 0 saturated carbocycles. The molecule has 17 heavy (non-hydrogen) atoms. The van der Waals surface area contributed by atoms with Crippen molar-refractivity contribution in [2.45, 2.75) is 33.3 Å². The standard InChI is InChI=1S/C11H19ClN4O/c1-6(2)4-8(17)5-14-10-9(13)7(3)15-11(12)16-10/h6,8,17H,4-5,13H2,1-3H3,(H,14,15,16). The molecular weight excluding hydrogens is 240 g/mol. The minimum atomic E-state index is -0.427. The molecule has 5 nitrogen and oxygen atoms in total. The number of aryl methyl sites for hydroxylation is 1. The Morgan fingerprint density at radius 2 is 2.06 bits per heavy atom. The second kappa shape index (κ2) is 6.02. The summed E-state index contributed by atoms with van der Waals surface area (Å²) in [5.74, 6) is 0.921. The number of rotatable bonds is 5. The summed E-state index contributed by atoms with van der Waals surface area (Å²) in [4.78, 5) is 7.93. The highest BCUT2D eigenvalue weighted by Crippen LogP contribution is 2.20. The molecule has 0 aliphatic carbocycles. The minimum absolute atomic E-state index is 0.151. The van der Waals surface area contributed by atoms with Gasteiger partial charge in [0.25, 0.3) is 0 Å². The van der Waals surface area contributed by atoms with Crippen LogP contribution in [-0.2, 0) is 0 Å². The van der Waals surface area contributed by atoms with E-state index in [9.17, 15) is 5.11 Å². The molecule has 0 bridgehead atoms. The highest BCUT2D eigenvalue weighted by atomic mass is 35.5. The molecule has 96 valence electrons. The topological polar surface area (TPSA) is 84.1 Å². The fourth-order valence-corrected chi connectivity index (χ4v) is 1.74. The summed E-state index contributed by atoms with van der Waals surface area (Å²) in [5.41, 5.74) is 6.91. The number of aliphatic hydroxyl groups excluding tert-OH is 1. The van der Waals surface area contributed by atoms with Gasteiger partial charge in [0.1, 0.15) is 0 Å². The Morgan fingerprint density at radius 3 is 2.65 bits per heavy atom. The van der Waals surface area contributed by atoms with Crippen LogP contribution in [0.25, 0.3) is 0 Å². The van der Waals surface area contributed by atoms with Gasteiger partial charge in [-0.1, -0.05) is 13.8 Å². The highest BCUT2D eigenvalue weighted by molar-refractivity contribution is 6.28. The number of halogens is 1. The number of anilines is 2. The Kier molecular flexibility index (Phi) is 4.96. The first kappa shape index (κ1) is 14.0. The summed E-state index contributed by atoms with van der Waals surface area (Å²) in [5, 5.41) is 12.9. The van der Waals surface area contributed by atoms with Gasteiger partial charge in [0.2, 0.25) is 5.28 Å². The monoisotopic (exact) mass is 258 g/mol. The number of nitrogens with one attached hydrogen (secondary N) is 1. The Bertz CT molecular complexity index is 384. The molecule has 1 aromatic heterocycles. The van der Waals surface area contributed by atoms with Crippen LogP contribution < -0.4 is 11.1 Å². The third kappa shape index (κ3) is 4.36. The van der Waals surface area contributed by atoms with E-state index in [0.717, 1.165) is 6.42 Å². The molecule has 0 amide bonds. The molecule has 0 fully saturated rings. The molecule has 0 saturated heterocycles. The lowest BCUT2D eigenvalue weighted by molar-refractivity contribution is 0.161. The molecule has 0 spiro atoms. The van der Waals surface area contributed by atoms with Crippen LogP contribution in [-0.4, -0.2) is 27.7 Å². The van der Waals surface area contributed by atoms with E-state index in [1.165, 1.54) is 0 Å². The van der Waals surface area contributed by atoms with Crippen molar-refractivity contribution in [3.63, 3.8) is 0 Å². The molecule has 1 rings (SSSR count). The summed E-state index contributed by atoms with van der Waals surface area (Å²) in [6, 6.07) is 0. The van der Waals surface area contributed by atoms with E-state index in [1.807, 2.05) is 0 Å². The maximum atomic E-state index is 9.73. The van der Waals surface area contributed by atoms with Gasteiger partial charge in [-0.05, 0) is 30.9 Å². The van der Waals surface area contributed by atoms with Crippen molar-refractivity contribution in [1.29, 1.82) is 0 Å². The predicted molar refractivity (Wildman–Crippen MR) is 70.1 cm³/mol. The van der Waals surface area contributed by atoms with Crippen molar-refractivity contribution in [1.82, 2.24) is 9.97 Å². The van der Waals surface area contributed by atoms with E-state index in [-0.39, 0.29) is 5.28 Å². The molecule has 1 heterocycles. The van der Waals surface area contributed by atoms with Crippen LogP contribution in [0.2, 0.25) is 5.28 Å². The normalized spacial score (nSPS) is 12.8. The zero-order valence-electron chi connectivity index (χ0n) is 10.4. The molecule has 1 atom stereocenters. The predicted octanol–water partition coefficient (Wildman–Crippen LogP) is 1.84. The van der Waals surface area contributed by atoms with Gasteiger partial charge in [-0.15, -0.1) is 0 Å². The number of nitrogen functional groups attached to an aromatic ring is 1. The first-order valence-electron chi connectivity index (χ1n) is 5.61. The van der Waals surface area contributed by atoms with Gasteiger partial charge in [0.15, 0.2) is 5.82 Å². The van der Waals surface area contributed by atoms with Crippen LogP contribution in [0.3, 0.4) is 0 Å². The number of nitrogens with zero attached hydrogens (tertiary/aromatic N) is 2. The SMILES string of the molecule is Cc1nc(Cl)nc(NCC(O)CC(C)C)c1N. The lowest BCUT2D eigenvalue weighted by atomic mass is 10.1. The van der Waals surface area contributed by atoms with Crippen LogP contribution in [0.15, 0.2) is 0 Å². The van der Waals surface area contributed by atoms with Crippen LogP contribution in [0.4, 0.5) is 11.5 Å². The molecule has 0 aliphatic heterocycles. The smallest absolute Gasteiger partial charge is 0.224 e. The van der Waals surface area contributed by atoms with Gasteiger partial charge in [0, 0.05) is 6.54 Å². The van der Waals surface area contributed by atoms with E-state index in [4.69, 9.17) is 17.3 Å². The second-order valence-corrected chi connectivity index (χ2v) is 4.84. The highest BCUT2D eigenvalue weighted by Gasteiger charge is 2.10. The quantitative estimate of drug-likeness (QED) is 0.702. The molecule has 0 aromatic carbocycles.